The predicted octanol–water partition coefficient (Wildman–Crippen LogP) is 3.04. The topological polar surface area (TPSA) is 75.4 Å². The van der Waals surface area contributed by atoms with Gasteiger partial charge in [0.05, 0.1) is 11.7 Å². The second-order valence-corrected chi connectivity index (χ2v) is 7.03. The van der Waals surface area contributed by atoms with Crippen molar-refractivity contribution in [3.05, 3.63) is 29.3 Å². The zero-order valence-electron chi connectivity index (χ0n) is 14.1. The van der Waals surface area contributed by atoms with Gasteiger partial charge in [-0.05, 0) is 56.7 Å². The molecule has 0 atom stereocenters. The summed E-state index contributed by atoms with van der Waals surface area (Å²) >= 11 is 0. The van der Waals surface area contributed by atoms with Gasteiger partial charge in [-0.1, -0.05) is 24.7 Å². The van der Waals surface area contributed by atoms with Crippen LogP contribution in [0, 0.1) is 17.8 Å². The van der Waals surface area contributed by atoms with Crippen LogP contribution in [0.2, 0.25) is 0 Å². The zero-order valence-corrected chi connectivity index (χ0v) is 14.1. The molecule has 128 valence electrons. The van der Waals surface area contributed by atoms with Gasteiger partial charge in [0.1, 0.15) is 0 Å². The highest BCUT2D eigenvalue weighted by atomic mass is 16.3. The predicted molar refractivity (Wildman–Crippen MR) is 95.7 cm³/mol. The summed E-state index contributed by atoms with van der Waals surface area (Å²) in [5.74, 6) is 6.58. The Bertz CT molecular complexity index is 645. The summed E-state index contributed by atoms with van der Waals surface area (Å²) in [6.45, 7) is 0. The maximum atomic E-state index is 11.8. The molecule has 1 aromatic carbocycles. The number of anilines is 1. The van der Waals surface area contributed by atoms with Crippen molar-refractivity contribution in [1.82, 2.24) is 0 Å². The van der Waals surface area contributed by atoms with E-state index in [1.165, 1.54) is 25.7 Å². The molecule has 0 saturated heterocycles. The maximum Gasteiger partial charge on any atom is 0.250 e. The van der Waals surface area contributed by atoms with E-state index < -0.39 is 5.91 Å². The molecule has 2 fully saturated rings. The molecular weight excluding hydrogens is 300 g/mol. The number of nitrogens with one attached hydrogen (secondary N) is 1. The van der Waals surface area contributed by atoms with Crippen molar-refractivity contribution in [2.75, 3.05) is 5.32 Å². The summed E-state index contributed by atoms with van der Waals surface area (Å²) in [5.41, 5.74) is 7.68. The summed E-state index contributed by atoms with van der Waals surface area (Å²) in [4.78, 5) is 11.8. The van der Waals surface area contributed by atoms with Gasteiger partial charge >= 0.3 is 0 Å². The number of carbonyl (C=O) groups excluding carboxylic acids is 1. The van der Waals surface area contributed by atoms with E-state index in [9.17, 15) is 9.90 Å². The average Bonchev–Trinajstić information content (AvgIpc) is 3.09. The molecule has 0 spiro atoms. The summed E-state index contributed by atoms with van der Waals surface area (Å²) in [6, 6.07) is 5.93. The molecule has 0 radical (unpaired) electrons. The van der Waals surface area contributed by atoms with E-state index in [-0.39, 0.29) is 12.1 Å². The van der Waals surface area contributed by atoms with Crippen LogP contribution < -0.4 is 11.1 Å². The van der Waals surface area contributed by atoms with E-state index in [0.29, 0.717) is 11.5 Å². The Kier molecular flexibility index (Phi) is 5.42. The molecule has 24 heavy (non-hydrogen) atoms. The van der Waals surface area contributed by atoms with Crippen LogP contribution in [0.1, 0.15) is 67.3 Å². The number of nitrogens with two attached hydrogens (primary N) is 1. The standard InChI is InChI=1S/C20H26N2O2/c21-20(24)18-13-15(6-5-14-3-1-2-4-14)7-12-19(18)22-16-8-10-17(23)11-9-16/h7,12-14,16-17,22-23H,1-4,8-11H2,(H2,21,24). The van der Waals surface area contributed by atoms with Crippen molar-refractivity contribution in [2.45, 2.75) is 63.5 Å². The average molecular weight is 326 g/mol. The van der Waals surface area contributed by atoms with Gasteiger partial charge in [0.2, 0.25) is 0 Å². The SMILES string of the molecule is NC(=O)c1cc(C#CC2CCCC2)ccc1NC1CCC(O)CC1. The van der Waals surface area contributed by atoms with E-state index in [0.717, 1.165) is 36.9 Å². The van der Waals surface area contributed by atoms with Gasteiger partial charge in [0.15, 0.2) is 0 Å². The van der Waals surface area contributed by atoms with Crippen LogP contribution in [0.5, 0.6) is 0 Å². The van der Waals surface area contributed by atoms with Gasteiger partial charge in [0.25, 0.3) is 5.91 Å². The van der Waals surface area contributed by atoms with Crippen molar-refractivity contribution >= 4 is 11.6 Å². The summed E-state index contributed by atoms with van der Waals surface area (Å²) < 4.78 is 0. The van der Waals surface area contributed by atoms with Gasteiger partial charge in [0, 0.05) is 23.2 Å². The molecule has 0 unspecified atom stereocenters. The van der Waals surface area contributed by atoms with Crippen LogP contribution in [0.3, 0.4) is 0 Å². The normalized spacial score (nSPS) is 24.2. The quantitative estimate of drug-likeness (QED) is 0.747. The third-order valence-electron chi connectivity index (χ3n) is 5.12. The Morgan fingerprint density at radius 1 is 1.12 bits per heavy atom. The Labute approximate surface area is 143 Å². The smallest absolute Gasteiger partial charge is 0.250 e. The second-order valence-electron chi connectivity index (χ2n) is 7.03. The van der Waals surface area contributed by atoms with E-state index in [1.54, 1.807) is 6.07 Å². The van der Waals surface area contributed by atoms with E-state index >= 15 is 0 Å². The van der Waals surface area contributed by atoms with Crippen LogP contribution in [0.25, 0.3) is 0 Å². The summed E-state index contributed by atoms with van der Waals surface area (Å²) in [7, 11) is 0. The first-order valence-electron chi connectivity index (χ1n) is 9.02. The van der Waals surface area contributed by atoms with Gasteiger partial charge in [-0.15, -0.1) is 0 Å². The van der Waals surface area contributed by atoms with Crippen LogP contribution >= 0.6 is 0 Å². The number of hydrogen-bond acceptors (Lipinski definition) is 3. The largest absolute Gasteiger partial charge is 0.393 e. The molecule has 0 bridgehead atoms. The lowest BCUT2D eigenvalue weighted by Gasteiger charge is -2.27. The van der Waals surface area contributed by atoms with Gasteiger partial charge in [-0.25, -0.2) is 0 Å². The molecular formula is C20H26N2O2. The fourth-order valence-electron chi connectivity index (χ4n) is 3.65. The Morgan fingerprint density at radius 3 is 2.50 bits per heavy atom. The number of primary amides is 1. The minimum atomic E-state index is -0.433. The molecule has 4 nitrogen and oxygen atoms in total. The van der Waals surface area contributed by atoms with E-state index in [4.69, 9.17) is 5.73 Å². The first-order chi connectivity index (χ1) is 11.6. The second kappa shape index (κ2) is 7.72. The van der Waals surface area contributed by atoms with Crippen molar-refractivity contribution in [3.8, 4) is 11.8 Å². The minimum Gasteiger partial charge on any atom is -0.393 e. The molecule has 2 aliphatic carbocycles. The monoisotopic (exact) mass is 326 g/mol. The zero-order chi connectivity index (χ0) is 16.9. The van der Waals surface area contributed by atoms with Crippen LogP contribution in [0.15, 0.2) is 18.2 Å². The number of aliphatic hydroxyl groups is 1. The lowest BCUT2D eigenvalue weighted by atomic mass is 9.92. The summed E-state index contributed by atoms with van der Waals surface area (Å²) in [6.07, 6.45) is 8.13. The molecule has 4 N–H and O–H groups in total. The highest BCUT2D eigenvalue weighted by Gasteiger charge is 2.20. The van der Waals surface area contributed by atoms with Gasteiger partial charge in [-0.2, -0.15) is 0 Å². The fourth-order valence-corrected chi connectivity index (χ4v) is 3.65. The first kappa shape index (κ1) is 16.9. The molecule has 0 aromatic heterocycles. The van der Waals surface area contributed by atoms with Crippen molar-refractivity contribution < 1.29 is 9.90 Å². The minimum absolute atomic E-state index is 0.188. The van der Waals surface area contributed by atoms with Crippen molar-refractivity contribution in [3.63, 3.8) is 0 Å². The summed E-state index contributed by atoms with van der Waals surface area (Å²) in [5, 5.41) is 13.0. The number of aliphatic hydroxyl groups excluding tert-OH is 1. The van der Waals surface area contributed by atoms with E-state index in [2.05, 4.69) is 17.2 Å². The molecule has 4 heteroatoms. The van der Waals surface area contributed by atoms with Crippen LogP contribution in [0.4, 0.5) is 5.69 Å². The lowest BCUT2D eigenvalue weighted by molar-refractivity contribution is 0.100. The first-order valence-corrected chi connectivity index (χ1v) is 9.02. The lowest BCUT2D eigenvalue weighted by Crippen LogP contribution is -2.29. The van der Waals surface area contributed by atoms with Gasteiger partial charge < -0.3 is 16.2 Å². The number of amides is 1. The fraction of sp³-hybridized carbons (Fsp3) is 0.550. The number of carbonyl (C=O) groups is 1. The molecule has 3 rings (SSSR count). The van der Waals surface area contributed by atoms with Crippen molar-refractivity contribution in [2.24, 2.45) is 11.7 Å². The maximum absolute atomic E-state index is 11.8. The third-order valence-corrected chi connectivity index (χ3v) is 5.12. The Hall–Kier alpha value is -1.99. The molecule has 1 amide bonds. The van der Waals surface area contributed by atoms with Gasteiger partial charge in [-0.3, -0.25) is 4.79 Å². The molecule has 2 saturated carbocycles. The molecule has 0 aliphatic heterocycles. The van der Waals surface area contributed by atoms with Crippen molar-refractivity contribution in [1.29, 1.82) is 0 Å². The van der Waals surface area contributed by atoms with E-state index in [1.807, 2.05) is 12.1 Å². The molecule has 1 aromatic rings. The number of benzene rings is 1. The Morgan fingerprint density at radius 2 is 1.83 bits per heavy atom. The number of rotatable bonds is 3. The molecule has 2 aliphatic rings. The number of hydrogen-bond donors (Lipinski definition) is 3. The highest BCUT2D eigenvalue weighted by molar-refractivity contribution is 5.99. The van der Waals surface area contributed by atoms with Crippen LogP contribution in [-0.2, 0) is 0 Å². The van der Waals surface area contributed by atoms with Crippen LogP contribution in [-0.4, -0.2) is 23.2 Å². The highest BCUT2D eigenvalue weighted by Crippen LogP contribution is 2.26. The Balaban J connectivity index is 1.73. The molecule has 0 heterocycles. The third kappa shape index (κ3) is 4.30.